The van der Waals surface area contributed by atoms with Crippen molar-refractivity contribution in [1.82, 2.24) is 0 Å². The summed E-state index contributed by atoms with van der Waals surface area (Å²) in [7, 11) is 0. The van der Waals surface area contributed by atoms with E-state index in [1.807, 2.05) is 30.3 Å². The van der Waals surface area contributed by atoms with Gasteiger partial charge in [0, 0.05) is 5.56 Å². The van der Waals surface area contributed by atoms with E-state index in [1.165, 1.54) is 18.2 Å². The zero-order chi connectivity index (χ0) is 13.0. The van der Waals surface area contributed by atoms with Gasteiger partial charge >= 0.3 is 0 Å². The number of nitriles is 1. The van der Waals surface area contributed by atoms with Crippen molar-refractivity contribution in [2.75, 3.05) is 0 Å². The molecule has 0 amide bonds. The summed E-state index contributed by atoms with van der Waals surface area (Å²) >= 11 is 2.15. The molecule has 0 aliphatic carbocycles. The van der Waals surface area contributed by atoms with Crippen molar-refractivity contribution in [3.8, 4) is 11.8 Å². The highest BCUT2D eigenvalue weighted by Crippen LogP contribution is 2.21. The van der Waals surface area contributed by atoms with E-state index in [0.717, 1.165) is 3.57 Å². The molecule has 0 radical (unpaired) electrons. The predicted molar refractivity (Wildman–Crippen MR) is 74.6 cm³/mol. The van der Waals surface area contributed by atoms with E-state index in [9.17, 15) is 4.39 Å². The molecule has 0 saturated carbocycles. The van der Waals surface area contributed by atoms with E-state index in [4.69, 9.17) is 10.00 Å². The van der Waals surface area contributed by atoms with Gasteiger partial charge in [0.1, 0.15) is 18.2 Å². The maximum atomic E-state index is 13.5. The molecule has 2 aromatic carbocycles. The Bertz CT molecular complexity index is 607. The summed E-state index contributed by atoms with van der Waals surface area (Å²) < 4.78 is 20.0. The van der Waals surface area contributed by atoms with Crippen LogP contribution in [-0.4, -0.2) is 0 Å². The fourth-order valence-electron chi connectivity index (χ4n) is 1.47. The van der Waals surface area contributed by atoms with Gasteiger partial charge in [0.2, 0.25) is 0 Å². The molecule has 18 heavy (non-hydrogen) atoms. The Morgan fingerprint density at radius 3 is 2.72 bits per heavy atom. The van der Waals surface area contributed by atoms with E-state index in [2.05, 4.69) is 22.6 Å². The first-order chi connectivity index (χ1) is 8.70. The van der Waals surface area contributed by atoms with Crippen LogP contribution < -0.4 is 4.74 Å². The molecule has 0 fully saturated rings. The molecule has 0 aromatic heterocycles. The molecule has 0 heterocycles. The largest absolute Gasteiger partial charge is 0.488 e. The Labute approximate surface area is 118 Å². The lowest BCUT2D eigenvalue weighted by atomic mass is 10.1. The maximum Gasteiger partial charge on any atom is 0.133 e. The van der Waals surface area contributed by atoms with Gasteiger partial charge in [-0.3, -0.25) is 0 Å². The summed E-state index contributed by atoms with van der Waals surface area (Å²) in [6.45, 7) is 0.112. The molecule has 2 rings (SSSR count). The Hall–Kier alpha value is -1.61. The molecule has 2 aromatic rings. The third-order valence-corrected chi connectivity index (χ3v) is 3.29. The minimum Gasteiger partial charge on any atom is -0.488 e. The van der Waals surface area contributed by atoms with Gasteiger partial charge in [0.15, 0.2) is 0 Å². The first-order valence-corrected chi connectivity index (χ1v) is 6.34. The van der Waals surface area contributed by atoms with Crippen molar-refractivity contribution in [2.24, 2.45) is 0 Å². The van der Waals surface area contributed by atoms with E-state index in [0.29, 0.717) is 16.9 Å². The monoisotopic (exact) mass is 353 g/mol. The third-order valence-electron chi connectivity index (χ3n) is 2.39. The number of nitrogens with zero attached hydrogens (tertiary/aromatic N) is 1. The third kappa shape index (κ3) is 2.99. The molecule has 4 heteroatoms. The second-order valence-corrected chi connectivity index (χ2v) is 4.80. The van der Waals surface area contributed by atoms with Crippen LogP contribution in [0.3, 0.4) is 0 Å². The molecule has 0 spiro atoms. The summed E-state index contributed by atoms with van der Waals surface area (Å²) in [6.07, 6.45) is 0. The molecular weight excluding hydrogens is 344 g/mol. The topological polar surface area (TPSA) is 33.0 Å². The van der Waals surface area contributed by atoms with Crippen LogP contribution in [0.5, 0.6) is 5.75 Å². The zero-order valence-corrected chi connectivity index (χ0v) is 11.5. The Morgan fingerprint density at radius 1 is 1.22 bits per heavy atom. The van der Waals surface area contributed by atoms with Crippen LogP contribution in [0.15, 0.2) is 42.5 Å². The van der Waals surface area contributed by atoms with Crippen LogP contribution in [0.4, 0.5) is 4.39 Å². The maximum absolute atomic E-state index is 13.5. The minimum atomic E-state index is -0.361. The van der Waals surface area contributed by atoms with Gasteiger partial charge < -0.3 is 4.74 Å². The average molecular weight is 353 g/mol. The minimum absolute atomic E-state index is 0.112. The summed E-state index contributed by atoms with van der Waals surface area (Å²) in [5.41, 5.74) is 0.812. The van der Waals surface area contributed by atoms with Gasteiger partial charge in [-0.25, -0.2) is 4.39 Å². The molecule has 0 aliphatic heterocycles. The van der Waals surface area contributed by atoms with Crippen molar-refractivity contribution < 1.29 is 9.13 Å². The van der Waals surface area contributed by atoms with Crippen LogP contribution >= 0.6 is 22.6 Å². The fourth-order valence-corrected chi connectivity index (χ4v) is 2.02. The van der Waals surface area contributed by atoms with Crippen LogP contribution in [0.25, 0.3) is 0 Å². The Balaban J connectivity index is 2.16. The summed E-state index contributed by atoms with van der Waals surface area (Å²) in [4.78, 5) is 0. The Kier molecular flexibility index (Phi) is 4.15. The number of benzene rings is 2. The SMILES string of the molecule is N#Cc1ccc(F)c(COc2ccccc2I)c1. The van der Waals surface area contributed by atoms with Crippen LogP contribution in [0.2, 0.25) is 0 Å². The van der Waals surface area contributed by atoms with E-state index in [1.54, 1.807) is 0 Å². The molecule has 0 saturated heterocycles. The normalized spacial score (nSPS) is 9.83. The van der Waals surface area contributed by atoms with Gasteiger partial charge in [-0.2, -0.15) is 5.26 Å². The molecule has 0 unspecified atom stereocenters. The van der Waals surface area contributed by atoms with E-state index < -0.39 is 0 Å². The Morgan fingerprint density at radius 2 is 2.00 bits per heavy atom. The quantitative estimate of drug-likeness (QED) is 0.785. The van der Waals surface area contributed by atoms with E-state index >= 15 is 0 Å². The van der Waals surface area contributed by atoms with Crippen molar-refractivity contribution in [3.63, 3.8) is 0 Å². The number of rotatable bonds is 3. The van der Waals surface area contributed by atoms with Gasteiger partial charge in [-0.15, -0.1) is 0 Å². The number of halogens is 2. The van der Waals surface area contributed by atoms with Crippen molar-refractivity contribution in [2.45, 2.75) is 6.61 Å². The van der Waals surface area contributed by atoms with Crippen molar-refractivity contribution in [1.29, 1.82) is 5.26 Å². The molecule has 0 N–H and O–H groups in total. The molecule has 0 bridgehead atoms. The first kappa shape index (κ1) is 12.8. The molecule has 0 atom stereocenters. The van der Waals surface area contributed by atoms with E-state index in [-0.39, 0.29) is 12.4 Å². The fraction of sp³-hybridized carbons (Fsp3) is 0.0714. The highest BCUT2D eigenvalue weighted by molar-refractivity contribution is 14.1. The number of hydrogen-bond acceptors (Lipinski definition) is 2. The summed E-state index contributed by atoms with van der Waals surface area (Å²) in [5.74, 6) is 0.347. The molecule has 0 aliphatic rings. The van der Waals surface area contributed by atoms with Crippen LogP contribution in [0, 0.1) is 20.7 Å². The first-order valence-electron chi connectivity index (χ1n) is 5.26. The standard InChI is InChI=1S/C14H9FINO/c15-12-6-5-10(8-17)7-11(12)9-18-14-4-2-1-3-13(14)16/h1-7H,9H2. The number of hydrogen-bond donors (Lipinski definition) is 0. The van der Waals surface area contributed by atoms with Gasteiger partial charge in [0.05, 0.1) is 15.2 Å². The second-order valence-electron chi connectivity index (χ2n) is 3.64. The lowest BCUT2D eigenvalue weighted by Crippen LogP contribution is -2.00. The van der Waals surface area contributed by atoms with Crippen molar-refractivity contribution >= 4 is 22.6 Å². The molecule has 90 valence electrons. The number of para-hydroxylation sites is 1. The lowest BCUT2D eigenvalue weighted by Gasteiger charge is -2.08. The van der Waals surface area contributed by atoms with Crippen LogP contribution in [0.1, 0.15) is 11.1 Å². The highest BCUT2D eigenvalue weighted by atomic mass is 127. The average Bonchev–Trinajstić information content (AvgIpc) is 2.39. The smallest absolute Gasteiger partial charge is 0.133 e. The van der Waals surface area contributed by atoms with Gasteiger partial charge in [-0.1, -0.05) is 12.1 Å². The number of ether oxygens (including phenoxy) is 1. The summed E-state index contributed by atoms with van der Waals surface area (Å²) in [6, 6.07) is 13.7. The van der Waals surface area contributed by atoms with Crippen molar-refractivity contribution in [3.05, 3.63) is 63.0 Å². The molecule has 2 nitrogen and oxygen atoms in total. The van der Waals surface area contributed by atoms with Gasteiger partial charge in [0.25, 0.3) is 0 Å². The zero-order valence-electron chi connectivity index (χ0n) is 9.36. The highest BCUT2D eigenvalue weighted by Gasteiger charge is 2.06. The predicted octanol–water partition coefficient (Wildman–Crippen LogP) is 3.88. The molecular formula is C14H9FINO. The lowest BCUT2D eigenvalue weighted by molar-refractivity contribution is 0.297. The summed E-state index contributed by atoms with van der Waals surface area (Å²) in [5, 5.41) is 8.77. The second kappa shape index (κ2) is 5.83. The van der Waals surface area contributed by atoms with Crippen LogP contribution in [-0.2, 0) is 6.61 Å². The van der Waals surface area contributed by atoms with Gasteiger partial charge in [-0.05, 0) is 52.9 Å².